The van der Waals surface area contributed by atoms with Crippen LogP contribution in [-0.2, 0) is 6.67 Å². The van der Waals surface area contributed by atoms with Gasteiger partial charge in [-0.25, -0.2) is 4.39 Å². The van der Waals surface area contributed by atoms with Crippen molar-refractivity contribution in [2.45, 2.75) is 6.67 Å². The van der Waals surface area contributed by atoms with Crippen molar-refractivity contribution in [3.05, 3.63) is 70.9 Å². The second-order valence-corrected chi connectivity index (χ2v) is 4.42. The lowest BCUT2D eigenvalue weighted by molar-refractivity contribution is 0.485. The van der Waals surface area contributed by atoms with E-state index in [9.17, 15) is 9.18 Å². The van der Waals surface area contributed by atoms with Gasteiger partial charge in [-0.3, -0.25) is 14.5 Å². The van der Waals surface area contributed by atoms with Gasteiger partial charge < -0.3 is 0 Å². The maximum atomic E-state index is 12.7. The van der Waals surface area contributed by atoms with Gasteiger partial charge in [-0.2, -0.15) is 5.10 Å². The van der Waals surface area contributed by atoms with E-state index in [0.717, 1.165) is 11.1 Å². The predicted octanol–water partition coefficient (Wildman–Crippen LogP) is 2.70. The molecule has 0 aliphatic rings. The molecule has 5 heteroatoms. The highest BCUT2D eigenvalue weighted by molar-refractivity contribution is 5.60. The van der Waals surface area contributed by atoms with E-state index in [1.54, 1.807) is 48.9 Å². The van der Waals surface area contributed by atoms with Crippen molar-refractivity contribution in [3.63, 3.8) is 0 Å². The van der Waals surface area contributed by atoms with Gasteiger partial charge in [-0.15, -0.1) is 0 Å². The third kappa shape index (κ3) is 2.25. The predicted molar refractivity (Wildman–Crippen MR) is 74.4 cm³/mol. The first-order valence-corrected chi connectivity index (χ1v) is 6.15. The normalized spacial score (nSPS) is 10.7. The lowest BCUT2D eigenvalue weighted by Gasteiger charge is -2.08. The Morgan fingerprint density at radius 2 is 2.10 bits per heavy atom. The molecule has 0 radical (unpaired) electrons. The first kappa shape index (κ1) is 12.3. The largest absolute Gasteiger partial charge is 0.285 e. The molecule has 0 fully saturated rings. The monoisotopic (exact) mass is 269 g/mol. The van der Waals surface area contributed by atoms with Crippen molar-refractivity contribution in [1.82, 2.24) is 14.8 Å². The van der Waals surface area contributed by atoms with Crippen LogP contribution in [0.5, 0.6) is 0 Å². The molecule has 4 nitrogen and oxygen atoms in total. The first-order valence-electron chi connectivity index (χ1n) is 6.15. The Morgan fingerprint density at radius 3 is 2.85 bits per heavy atom. The smallest absolute Gasteiger partial charge is 0.255 e. The highest BCUT2D eigenvalue weighted by Crippen LogP contribution is 2.17. The van der Waals surface area contributed by atoms with Gasteiger partial charge in [0.1, 0.15) is 6.67 Å². The number of aromatic nitrogens is 3. The van der Waals surface area contributed by atoms with Gasteiger partial charge in [0, 0.05) is 35.3 Å². The van der Waals surface area contributed by atoms with Gasteiger partial charge in [-0.05, 0) is 23.8 Å². The van der Waals surface area contributed by atoms with Crippen LogP contribution in [0, 0.1) is 0 Å². The highest BCUT2D eigenvalue weighted by atomic mass is 19.1. The summed E-state index contributed by atoms with van der Waals surface area (Å²) in [6.07, 6.45) is 5.16. The number of hydrogen-bond donors (Lipinski definition) is 1. The zero-order chi connectivity index (χ0) is 13.9. The molecule has 0 aliphatic heterocycles. The number of hydrogen-bond acceptors (Lipinski definition) is 2. The minimum absolute atomic E-state index is 0.159. The molecule has 2 aromatic heterocycles. The summed E-state index contributed by atoms with van der Waals surface area (Å²) in [5, 5.41) is 6.62. The lowest BCUT2D eigenvalue weighted by atomic mass is 10.1. The van der Waals surface area contributed by atoms with Gasteiger partial charge in [0.05, 0.1) is 6.20 Å². The quantitative estimate of drug-likeness (QED) is 0.794. The molecule has 0 saturated carbocycles. The molecule has 0 amide bonds. The van der Waals surface area contributed by atoms with Crippen LogP contribution < -0.4 is 5.56 Å². The summed E-state index contributed by atoms with van der Waals surface area (Å²) in [5.74, 6) is 0. The summed E-state index contributed by atoms with van der Waals surface area (Å²) in [5.41, 5.74) is 2.79. The third-order valence-corrected chi connectivity index (χ3v) is 3.09. The summed E-state index contributed by atoms with van der Waals surface area (Å²) in [7, 11) is 0. The molecular formula is C15H12FN3O. The van der Waals surface area contributed by atoms with Crippen LogP contribution in [0.25, 0.3) is 16.8 Å². The molecule has 0 unspecified atom stereocenters. The Morgan fingerprint density at radius 1 is 1.20 bits per heavy atom. The molecule has 0 saturated heterocycles. The summed E-state index contributed by atoms with van der Waals surface area (Å²) < 4.78 is 14.2. The van der Waals surface area contributed by atoms with Gasteiger partial charge in [0.2, 0.25) is 0 Å². The maximum Gasteiger partial charge on any atom is 0.255 e. The number of alkyl halides is 1. The number of rotatable bonds is 3. The van der Waals surface area contributed by atoms with Crippen LogP contribution in [-0.4, -0.2) is 14.8 Å². The molecule has 1 aromatic carbocycles. The molecule has 0 spiro atoms. The minimum Gasteiger partial charge on any atom is -0.285 e. The fourth-order valence-electron chi connectivity index (χ4n) is 2.06. The highest BCUT2D eigenvalue weighted by Gasteiger charge is 2.05. The van der Waals surface area contributed by atoms with Crippen molar-refractivity contribution in [3.8, 4) is 16.8 Å². The Hall–Kier alpha value is -2.69. The summed E-state index contributed by atoms with van der Waals surface area (Å²) in [6, 6.07) is 10.1. The molecule has 0 bridgehead atoms. The summed E-state index contributed by atoms with van der Waals surface area (Å²) in [6.45, 7) is -0.552. The van der Waals surface area contributed by atoms with Crippen LogP contribution in [0.2, 0.25) is 0 Å². The van der Waals surface area contributed by atoms with Gasteiger partial charge in [0.25, 0.3) is 5.56 Å². The van der Waals surface area contributed by atoms with E-state index in [1.807, 2.05) is 0 Å². The van der Waals surface area contributed by atoms with E-state index >= 15 is 0 Å². The average molecular weight is 269 g/mol. The molecule has 0 atom stereocenters. The molecule has 2 heterocycles. The van der Waals surface area contributed by atoms with Crippen molar-refractivity contribution in [1.29, 1.82) is 0 Å². The van der Waals surface area contributed by atoms with E-state index in [0.29, 0.717) is 11.3 Å². The SMILES string of the molecule is O=c1ccc(-c2cn[nH]c2)cn1-c1cccc(CF)c1. The van der Waals surface area contributed by atoms with Crippen molar-refractivity contribution >= 4 is 0 Å². The molecule has 20 heavy (non-hydrogen) atoms. The van der Waals surface area contributed by atoms with E-state index < -0.39 is 6.67 Å². The Labute approximate surface area is 114 Å². The molecule has 1 N–H and O–H groups in total. The third-order valence-electron chi connectivity index (χ3n) is 3.09. The van der Waals surface area contributed by atoms with Crippen molar-refractivity contribution in [2.24, 2.45) is 0 Å². The first-order chi connectivity index (χ1) is 9.78. The fourth-order valence-corrected chi connectivity index (χ4v) is 2.06. The molecular weight excluding hydrogens is 257 g/mol. The summed E-state index contributed by atoms with van der Waals surface area (Å²) in [4.78, 5) is 12.0. The Kier molecular flexibility index (Phi) is 3.16. The van der Waals surface area contributed by atoms with Crippen LogP contribution in [0.1, 0.15) is 5.56 Å². The van der Waals surface area contributed by atoms with E-state index in [2.05, 4.69) is 10.2 Å². The second kappa shape index (κ2) is 5.13. The second-order valence-electron chi connectivity index (χ2n) is 4.42. The zero-order valence-electron chi connectivity index (χ0n) is 10.6. The Bertz CT molecular complexity index is 778. The summed E-state index contributed by atoms with van der Waals surface area (Å²) >= 11 is 0. The van der Waals surface area contributed by atoms with Crippen LogP contribution >= 0.6 is 0 Å². The van der Waals surface area contributed by atoms with Crippen molar-refractivity contribution in [2.75, 3.05) is 0 Å². The standard InChI is InChI=1S/C15H12FN3O/c16-7-11-2-1-3-14(6-11)19-10-12(4-5-15(19)20)13-8-17-18-9-13/h1-6,8-10H,7H2,(H,17,18). The van der Waals surface area contributed by atoms with Crippen LogP contribution in [0.3, 0.4) is 0 Å². The van der Waals surface area contributed by atoms with Crippen LogP contribution in [0.15, 0.2) is 59.8 Å². The lowest BCUT2D eigenvalue weighted by Crippen LogP contribution is -2.16. The van der Waals surface area contributed by atoms with Gasteiger partial charge >= 0.3 is 0 Å². The molecule has 3 aromatic rings. The zero-order valence-corrected chi connectivity index (χ0v) is 10.6. The Balaban J connectivity index is 2.13. The molecule has 0 aliphatic carbocycles. The van der Waals surface area contributed by atoms with Gasteiger partial charge in [0.15, 0.2) is 0 Å². The van der Waals surface area contributed by atoms with Crippen LogP contribution in [0.4, 0.5) is 4.39 Å². The maximum absolute atomic E-state index is 12.7. The number of nitrogens with one attached hydrogen (secondary N) is 1. The number of aromatic amines is 1. The fraction of sp³-hybridized carbons (Fsp3) is 0.0667. The number of halogens is 1. The van der Waals surface area contributed by atoms with Crippen molar-refractivity contribution < 1.29 is 4.39 Å². The molecule has 100 valence electrons. The number of H-pyrrole nitrogens is 1. The van der Waals surface area contributed by atoms with E-state index in [1.165, 1.54) is 10.6 Å². The number of benzene rings is 1. The number of pyridine rings is 1. The van der Waals surface area contributed by atoms with Gasteiger partial charge in [-0.1, -0.05) is 12.1 Å². The van der Waals surface area contributed by atoms with E-state index in [-0.39, 0.29) is 5.56 Å². The average Bonchev–Trinajstić information content (AvgIpc) is 3.02. The number of nitrogens with zero attached hydrogens (tertiary/aromatic N) is 2. The molecule has 3 rings (SSSR count). The van der Waals surface area contributed by atoms with E-state index in [4.69, 9.17) is 0 Å². The topological polar surface area (TPSA) is 50.7 Å². The minimum atomic E-state index is -0.552.